The maximum absolute atomic E-state index is 5.60. The van der Waals surface area contributed by atoms with Crippen LogP contribution in [0.2, 0.25) is 0 Å². The summed E-state index contributed by atoms with van der Waals surface area (Å²) in [5.41, 5.74) is 2.71. The third-order valence-corrected chi connectivity index (χ3v) is 4.05. The second-order valence-corrected chi connectivity index (χ2v) is 7.37. The van der Waals surface area contributed by atoms with Crippen LogP contribution in [0.15, 0.2) is 22.7 Å². The van der Waals surface area contributed by atoms with Crippen LogP contribution in [0, 0.1) is 0 Å². The van der Waals surface area contributed by atoms with Gasteiger partial charge >= 0.3 is 0 Å². The van der Waals surface area contributed by atoms with Crippen LogP contribution in [-0.2, 0) is 11.3 Å². The lowest BCUT2D eigenvalue weighted by Crippen LogP contribution is -2.41. The van der Waals surface area contributed by atoms with Crippen LogP contribution < -0.4 is 10.2 Å². The topological polar surface area (TPSA) is 24.5 Å². The summed E-state index contributed by atoms with van der Waals surface area (Å²) in [6.45, 7) is 12.3. The largest absolute Gasteiger partial charge is 0.375 e. The van der Waals surface area contributed by atoms with Gasteiger partial charge in [0.05, 0.1) is 18.4 Å². The Bertz CT molecular complexity index is 456. The maximum atomic E-state index is 5.60. The molecule has 0 bridgehead atoms. The van der Waals surface area contributed by atoms with Crippen molar-refractivity contribution in [3.8, 4) is 0 Å². The van der Waals surface area contributed by atoms with E-state index in [0.717, 1.165) is 26.2 Å². The molecule has 1 unspecified atom stereocenters. The lowest BCUT2D eigenvalue weighted by Gasteiger charge is -2.33. The van der Waals surface area contributed by atoms with Gasteiger partial charge in [0.15, 0.2) is 0 Å². The number of nitrogens with one attached hydrogen (secondary N) is 1. The summed E-state index contributed by atoms with van der Waals surface area (Å²) in [7, 11) is 0. The Morgan fingerprint density at radius 3 is 2.75 bits per heavy atom. The molecule has 3 nitrogen and oxygen atoms in total. The van der Waals surface area contributed by atoms with Gasteiger partial charge in [0.2, 0.25) is 0 Å². The van der Waals surface area contributed by atoms with E-state index in [9.17, 15) is 0 Å². The van der Waals surface area contributed by atoms with E-state index in [2.05, 4.69) is 72.0 Å². The highest BCUT2D eigenvalue weighted by Crippen LogP contribution is 2.29. The SMILES string of the molecule is CC1CN(c2ccc(CNC(C)(C)C)cc2Br)CCO1. The summed E-state index contributed by atoms with van der Waals surface area (Å²) in [4.78, 5) is 2.39. The molecule has 0 saturated carbocycles. The van der Waals surface area contributed by atoms with Crippen molar-refractivity contribution in [3.05, 3.63) is 28.2 Å². The standard InChI is InChI=1S/C16H25BrN2O/c1-12-11-19(7-8-20-12)15-6-5-13(9-14(15)17)10-18-16(2,3)4/h5-6,9,12,18H,7-8,10-11H2,1-4H3. The number of anilines is 1. The van der Waals surface area contributed by atoms with E-state index in [1.807, 2.05) is 0 Å². The third kappa shape index (κ3) is 4.47. The molecule has 1 atom stereocenters. The summed E-state index contributed by atoms with van der Waals surface area (Å²) in [5.74, 6) is 0. The molecule has 1 saturated heterocycles. The number of morpholine rings is 1. The zero-order valence-electron chi connectivity index (χ0n) is 12.9. The molecule has 1 fully saturated rings. The number of benzene rings is 1. The maximum Gasteiger partial charge on any atom is 0.0722 e. The highest BCUT2D eigenvalue weighted by atomic mass is 79.9. The van der Waals surface area contributed by atoms with Crippen molar-refractivity contribution in [2.24, 2.45) is 0 Å². The average Bonchev–Trinajstić information content (AvgIpc) is 2.35. The van der Waals surface area contributed by atoms with Crippen molar-refractivity contribution in [1.82, 2.24) is 5.32 Å². The van der Waals surface area contributed by atoms with Gasteiger partial charge in [0.25, 0.3) is 0 Å². The number of halogens is 1. The lowest BCUT2D eigenvalue weighted by molar-refractivity contribution is 0.0532. The molecule has 1 aliphatic heterocycles. The zero-order chi connectivity index (χ0) is 14.8. The van der Waals surface area contributed by atoms with Crippen molar-refractivity contribution in [2.75, 3.05) is 24.6 Å². The quantitative estimate of drug-likeness (QED) is 0.910. The summed E-state index contributed by atoms with van der Waals surface area (Å²) < 4.78 is 6.77. The van der Waals surface area contributed by atoms with Gasteiger partial charge in [0, 0.05) is 29.6 Å². The number of rotatable bonds is 3. The fraction of sp³-hybridized carbons (Fsp3) is 0.625. The molecule has 4 heteroatoms. The lowest BCUT2D eigenvalue weighted by atomic mass is 10.1. The number of hydrogen-bond donors (Lipinski definition) is 1. The minimum Gasteiger partial charge on any atom is -0.375 e. The molecule has 0 aliphatic carbocycles. The van der Waals surface area contributed by atoms with E-state index in [1.165, 1.54) is 15.7 Å². The molecule has 0 amide bonds. The Labute approximate surface area is 130 Å². The van der Waals surface area contributed by atoms with Gasteiger partial charge in [-0.25, -0.2) is 0 Å². The van der Waals surface area contributed by atoms with E-state index in [0.29, 0.717) is 6.10 Å². The van der Waals surface area contributed by atoms with Crippen LogP contribution in [0.1, 0.15) is 33.3 Å². The molecule has 1 N–H and O–H groups in total. The first-order chi connectivity index (χ1) is 9.35. The Kier molecular flexibility index (Phi) is 5.10. The molecule has 1 aromatic carbocycles. The third-order valence-electron chi connectivity index (χ3n) is 3.42. The van der Waals surface area contributed by atoms with E-state index < -0.39 is 0 Å². The molecule has 112 valence electrons. The first kappa shape index (κ1) is 15.8. The van der Waals surface area contributed by atoms with Gasteiger partial charge < -0.3 is 15.0 Å². The van der Waals surface area contributed by atoms with E-state index in [-0.39, 0.29) is 5.54 Å². The van der Waals surface area contributed by atoms with Gasteiger partial charge in [-0.1, -0.05) is 6.07 Å². The molecule has 1 heterocycles. The van der Waals surface area contributed by atoms with E-state index in [1.54, 1.807) is 0 Å². The Balaban J connectivity index is 2.05. The molecule has 0 spiro atoms. The van der Waals surface area contributed by atoms with Crippen molar-refractivity contribution < 1.29 is 4.74 Å². The highest BCUT2D eigenvalue weighted by Gasteiger charge is 2.19. The second-order valence-electron chi connectivity index (χ2n) is 6.52. The number of nitrogens with zero attached hydrogens (tertiary/aromatic N) is 1. The van der Waals surface area contributed by atoms with Crippen molar-refractivity contribution in [2.45, 2.75) is 45.9 Å². The van der Waals surface area contributed by atoms with Gasteiger partial charge in [0.1, 0.15) is 0 Å². The smallest absolute Gasteiger partial charge is 0.0722 e. The van der Waals surface area contributed by atoms with E-state index in [4.69, 9.17) is 4.74 Å². The van der Waals surface area contributed by atoms with E-state index >= 15 is 0 Å². The van der Waals surface area contributed by atoms with Gasteiger partial charge in [-0.2, -0.15) is 0 Å². The molecule has 1 aromatic rings. The summed E-state index contributed by atoms with van der Waals surface area (Å²) >= 11 is 3.71. The Hall–Kier alpha value is -0.580. The van der Waals surface area contributed by atoms with Crippen LogP contribution in [0.25, 0.3) is 0 Å². The van der Waals surface area contributed by atoms with Crippen LogP contribution in [0.3, 0.4) is 0 Å². The minimum atomic E-state index is 0.144. The number of hydrogen-bond acceptors (Lipinski definition) is 3. The molecule has 20 heavy (non-hydrogen) atoms. The Morgan fingerprint density at radius 1 is 1.40 bits per heavy atom. The predicted octanol–water partition coefficient (Wildman–Crippen LogP) is 3.56. The van der Waals surface area contributed by atoms with Crippen LogP contribution >= 0.6 is 15.9 Å². The summed E-state index contributed by atoms with van der Waals surface area (Å²) in [6.07, 6.45) is 0.304. The summed E-state index contributed by atoms with van der Waals surface area (Å²) in [6, 6.07) is 6.63. The molecule has 0 radical (unpaired) electrons. The first-order valence-corrected chi connectivity index (χ1v) is 8.04. The Morgan fingerprint density at radius 2 is 2.15 bits per heavy atom. The van der Waals surface area contributed by atoms with Crippen LogP contribution in [0.5, 0.6) is 0 Å². The molecule has 1 aliphatic rings. The second kappa shape index (κ2) is 6.46. The fourth-order valence-electron chi connectivity index (χ4n) is 2.32. The monoisotopic (exact) mass is 340 g/mol. The predicted molar refractivity (Wildman–Crippen MR) is 88.4 cm³/mol. The average molecular weight is 341 g/mol. The van der Waals surface area contributed by atoms with Gasteiger partial charge in [-0.15, -0.1) is 0 Å². The normalized spacial score (nSPS) is 20.2. The fourth-order valence-corrected chi connectivity index (χ4v) is 3.00. The first-order valence-electron chi connectivity index (χ1n) is 7.25. The molecular weight excluding hydrogens is 316 g/mol. The van der Waals surface area contributed by atoms with Gasteiger partial charge in [-0.05, 0) is 61.3 Å². The highest BCUT2D eigenvalue weighted by molar-refractivity contribution is 9.10. The molecular formula is C16H25BrN2O. The molecule has 0 aromatic heterocycles. The van der Waals surface area contributed by atoms with Crippen molar-refractivity contribution >= 4 is 21.6 Å². The van der Waals surface area contributed by atoms with Crippen molar-refractivity contribution in [3.63, 3.8) is 0 Å². The zero-order valence-corrected chi connectivity index (χ0v) is 14.5. The summed E-state index contributed by atoms with van der Waals surface area (Å²) in [5, 5.41) is 3.52. The van der Waals surface area contributed by atoms with Crippen molar-refractivity contribution in [1.29, 1.82) is 0 Å². The van der Waals surface area contributed by atoms with Gasteiger partial charge in [-0.3, -0.25) is 0 Å². The number of ether oxygens (including phenoxy) is 1. The minimum absolute atomic E-state index is 0.144. The molecule has 2 rings (SSSR count). The van der Waals surface area contributed by atoms with Crippen LogP contribution in [0.4, 0.5) is 5.69 Å². The van der Waals surface area contributed by atoms with Crippen LogP contribution in [-0.4, -0.2) is 31.3 Å².